The summed E-state index contributed by atoms with van der Waals surface area (Å²) in [5.74, 6) is -2.68. The Labute approximate surface area is 154 Å². The minimum atomic E-state index is -1.08. The number of hydrogen-bond acceptors (Lipinski definition) is 4. The average molecular weight is 370 g/mol. The molecule has 0 radical (unpaired) electrons. The average Bonchev–Trinajstić information content (AvgIpc) is 2.60. The standard InChI is InChI=1S/C14H24N2O2.C4H6O4/c17-13-14(18)16-10-6-2-1-5-9-15(13)11-7-3-4-8-12-16;5-3(6)1-2-4(7)8/h1-12H2;1-2H2,(H,5,6)(H,7,8). The molecule has 0 saturated carbocycles. The molecule has 2 N–H and O–H groups in total. The fraction of sp³-hybridized carbons (Fsp3) is 0.778. The van der Waals surface area contributed by atoms with Crippen molar-refractivity contribution in [2.45, 2.75) is 64.2 Å². The van der Waals surface area contributed by atoms with Gasteiger partial charge in [-0.3, -0.25) is 19.2 Å². The smallest absolute Gasteiger partial charge is 0.312 e. The summed E-state index contributed by atoms with van der Waals surface area (Å²) < 4.78 is 0. The summed E-state index contributed by atoms with van der Waals surface area (Å²) in [5.41, 5.74) is 0. The molecule has 2 fully saturated rings. The highest BCUT2D eigenvalue weighted by molar-refractivity contribution is 6.34. The van der Waals surface area contributed by atoms with Gasteiger partial charge in [-0.25, -0.2) is 0 Å². The van der Waals surface area contributed by atoms with Crippen LogP contribution in [0.15, 0.2) is 0 Å². The summed E-state index contributed by atoms with van der Waals surface area (Å²) in [7, 11) is 0. The van der Waals surface area contributed by atoms with Crippen molar-refractivity contribution in [1.82, 2.24) is 9.80 Å². The zero-order valence-electron chi connectivity index (χ0n) is 15.3. The van der Waals surface area contributed by atoms with Gasteiger partial charge in [-0.1, -0.05) is 25.7 Å². The molecule has 2 rings (SSSR count). The van der Waals surface area contributed by atoms with Gasteiger partial charge in [-0.15, -0.1) is 0 Å². The van der Waals surface area contributed by atoms with Crippen molar-refractivity contribution >= 4 is 23.8 Å². The van der Waals surface area contributed by atoms with Crippen LogP contribution in [-0.4, -0.2) is 69.9 Å². The van der Waals surface area contributed by atoms with Crippen LogP contribution in [0.25, 0.3) is 0 Å². The van der Waals surface area contributed by atoms with E-state index in [-0.39, 0.29) is 24.7 Å². The van der Waals surface area contributed by atoms with Crippen LogP contribution < -0.4 is 0 Å². The Morgan fingerprint density at radius 2 is 0.885 bits per heavy atom. The fourth-order valence-corrected chi connectivity index (χ4v) is 3.03. The molecule has 0 spiro atoms. The summed E-state index contributed by atoms with van der Waals surface area (Å²) >= 11 is 0. The largest absolute Gasteiger partial charge is 0.481 e. The van der Waals surface area contributed by atoms with Gasteiger partial charge >= 0.3 is 23.8 Å². The van der Waals surface area contributed by atoms with Crippen LogP contribution >= 0.6 is 0 Å². The van der Waals surface area contributed by atoms with E-state index in [0.29, 0.717) is 0 Å². The van der Waals surface area contributed by atoms with Crippen LogP contribution in [0.5, 0.6) is 0 Å². The third-order valence-corrected chi connectivity index (χ3v) is 4.52. The van der Waals surface area contributed by atoms with Crippen LogP contribution in [-0.2, 0) is 19.2 Å². The first-order chi connectivity index (χ1) is 12.4. The molecule has 8 heteroatoms. The number of carboxylic acids is 2. The van der Waals surface area contributed by atoms with Gasteiger partial charge in [0.2, 0.25) is 0 Å². The summed E-state index contributed by atoms with van der Waals surface area (Å²) in [6.45, 7) is 3.05. The monoisotopic (exact) mass is 370 g/mol. The molecular weight excluding hydrogens is 340 g/mol. The number of aliphatic carboxylic acids is 2. The molecule has 148 valence electrons. The quantitative estimate of drug-likeness (QED) is 0.731. The third kappa shape index (κ3) is 8.82. The molecule has 2 heterocycles. The van der Waals surface area contributed by atoms with Gasteiger partial charge < -0.3 is 20.0 Å². The molecule has 2 aliphatic rings. The molecule has 0 aliphatic carbocycles. The zero-order chi connectivity index (χ0) is 19.4. The molecule has 2 amide bonds. The maximum Gasteiger partial charge on any atom is 0.312 e. The lowest BCUT2D eigenvalue weighted by atomic mass is 10.1. The number of carbonyl (C=O) groups is 4. The lowest BCUT2D eigenvalue weighted by molar-refractivity contribution is -0.152. The van der Waals surface area contributed by atoms with Crippen molar-refractivity contribution < 1.29 is 29.4 Å². The Bertz CT molecular complexity index is 434. The van der Waals surface area contributed by atoms with Gasteiger partial charge in [-0.05, 0) is 25.7 Å². The van der Waals surface area contributed by atoms with E-state index in [1.807, 2.05) is 0 Å². The molecule has 0 aromatic rings. The molecule has 26 heavy (non-hydrogen) atoms. The number of carbonyl (C=O) groups excluding carboxylic acids is 2. The molecule has 0 unspecified atom stereocenters. The number of carboxylic acid groups (broad SMARTS) is 2. The topological polar surface area (TPSA) is 115 Å². The predicted octanol–water partition coefficient (Wildman–Crippen LogP) is 1.73. The van der Waals surface area contributed by atoms with E-state index in [4.69, 9.17) is 10.2 Å². The van der Waals surface area contributed by atoms with E-state index >= 15 is 0 Å². The molecule has 2 bridgehead atoms. The van der Waals surface area contributed by atoms with Crippen LogP contribution in [0.1, 0.15) is 64.2 Å². The van der Waals surface area contributed by atoms with Crippen molar-refractivity contribution in [3.05, 3.63) is 0 Å². The lowest BCUT2D eigenvalue weighted by Crippen LogP contribution is -2.47. The Kier molecular flexibility index (Phi) is 10.3. The van der Waals surface area contributed by atoms with Crippen LogP contribution in [0, 0.1) is 0 Å². The van der Waals surface area contributed by atoms with Gasteiger partial charge in [0.1, 0.15) is 0 Å². The number of rotatable bonds is 3. The zero-order valence-corrected chi connectivity index (χ0v) is 15.3. The van der Waals surface area contributed by atoms with E-state index in [9.17, 15) is 19.2 Å². The van der Waals surface area contributed by atoms with Crippen LogP contribution in [0.2, 0.25) is 0 Å². The van der Waals surface area contributed by atoms with Gasteiger partial charge in [0.25, 0.3) is 0 Å². The van der Waals surface area contributed by atoms with E-state index in [1.165, 1.54) is 25.7 Å². The van der Waals surface area contributed by atoms with Gasteiger partial charge in [-0.2, -0.15) is 0 Å². The van der Waals surface area contributed by atoms with Gasteiger partial charge in [0, 0.05) is 26.2 Å². The second-order valence-corrected chi connectivity index (χ2v) is 6.70. The SMILES string of the molecule is O=C(O)CCC(=O)O.O=C1C(=O)N2CCCCCCN1CCCCCC2. The Hall–Kier alpha value is -2.12. The number of hydrogen-bond donors (Lipinski definition) is 2. The Morgan fingerprint density at radius 3 is 1.12 bits per heavy atom. The summed E-state index contributed by atoms with van der Waals surface area (Å²) in [4.78, 5) is 47.2. The van der Waals surface area contributed by atoms with Crippen molar-refractivity contribution in [1.29, 1.82) is 0 Å². The van der Waals surface area contributed by atoms with E-state index < -0.39 is 11.9 Å². The Balaban J connectivity index is 0.000000359. The highest BCUT2D eigenvalue weighted by Gasteiger charge is 2.27. The second kappa shape index (κ2) is 12.3. The number of nitrogens with zero attached hydrogens (tertiary/aromatic N) is 2. The van der Waals surface area contributed by atoms with E-state index in [1.54, 1.807) is 9.80 Å². The molecule has 0 atom stereocenters. The fourth-order valence-electron chi connectivity index (χ4n) is 3.03. The van der Waals surface area contributed by atoms with Crippen molar-refractivity contribution in [3.63, 3.8) is 0 Å². The van der Waals surface area contributed by atoms with Gasteiger partial charge in [0.15, 0.2) is 0 Å². The summed E-state index contributed by atoms with van der Waals surface area (Å²) in [6.07, 6.45) is 8.26. The summed E-state index contributed by atoms with van der Waals surface area (Å²) in [6, 6.07) is 0. The van der Waals surface area contributed by atoms with E-state index in [0.717, 1.165) is 51.9 Å². The first-order valence-corrected chi connectivity index (χ1v) is 9.43. The third-order valence-electron chi connectivity index (χ3n) is 4.52. The molecule has 0 aromatic heterocycles. The molecule has 2 aliphatic heterocycles. The van der Waals surface area contributed by atoms with Crippen molar-refractivity contribution in [2.75, 3.05) is 26.2 Å². The first kappa shape index (κ1) is 21.9. The molecule has 0 aromatic carbocycles. The molecular formula is C18H30N2O6. The van der Waals surface area contributed by atoms with Crippen molar-refractivity contribution in [3.8, 4) is 0 Å². The van der Waals surface area contributed by atoms with Crippen molar-refractivity contribution in [2.24, 2.45) is 0 Å². The maximum atomic E-state index is 12.2. The predicted molar refractivity (Wildman–Crippen MR) is 94.6 cm³/mol. The minimum absolute atomic E-state index is 0.265. The first-order valence-electron chi connectivity index (χ1n) is 9.43. The van der Waals surface area contributed by atoms with Crippen LogP contribution in [0.3, 0.4) is 0 Å². The number of fused-ring (bicyclic) bond motifs is 3. The maximum absolute atomic E-state index is 12.2. The second-order valence-electron chi connectivity index (χ2n) is 6.70. The number of amides is 2. The highest BCUT2D eigenvalue weighted by Crippen LogP contribution is 2.13. The summed E-state index contributed by atoms with van der Waals surface area (Å²) in [5, 5.41) is 15.8. The normalized spacial score (nSPS) is 19.4. The Morgan fingerprint density at radius 1 is 0.615 bits per heavy atom. The highest BCUT2D eigenvalue weighted by atomic mass is 16.4. The molecule has 2 saturated heterocycles. The van der Waals surface area contributed by atoms with Gasteiger partial charge in [0.05, 0.1) is 12.8 Å². The minimum Gasteiger partial charge on any atom is -0.481 e. The van der Waals surface area contributed by atoms with E-state index in [2.05, 4.69) is 0 Å². The lowest BCUT2D eigenvalue weighted by Gasteiger charge is -2.29. The molecule has 8 nitrogen and oxygen atoms in total. The van der Waals surface area contributed by atoms with Crippen LogP contribution in [0.4, 0.5) is 0 Å².